The van der Waals surface area contributed by atoms with Crippen LogP contribution in [0.3, 0.4) is 0 Å². The largest absolute Gasteiger partial charge is 0.507 e. The zero-order valence-corrected chi connectivity index (χ0v) is 25.2. The normalized spacial score (nSPS) is 13.3. The molecular weight excluding hydrogens is 456 g/mol. The third-order valence-electron chi connectivity index (χ3n) is 7.22. The molecule has 0 saturated heterocycles. The number of imidazole rings is 1. The van der Waals surface area contributed by atoms with E-state index in [0.29, 0.717) is 24.5 Å². The fraction of sp³-hybridized carbons (Fsp3) is 0.545. The summed E-state index contributed by atoms with van der Waals surface area (Å²) >= 11 is 0. The van der Waals surface area contributed by atoms with Crippen molar-refractivity contribution in [3.8, 4) is 11.5 Å². The predicted molar refractivity (Wildman–Crippen MR) is 155 cm³/mol. The molecule has 0 aliphatic carbocycles. The molecule has 0 bridgehead atoms. The van der Waals surface area contributed by atoms with E-state index in [1.165, 1.54) is 11.1 Å². The zero-order chi connectivity index (χ0) is 28.1. The quantitative estimate of drug-likeness (QED) is 0.377. The number of rotatable bonds is 4. The maximum Gasteiger partial charge on any atom is 0.124 e. The molecule has 0 fully saturated rings. The summed E-state index contributed by atoms with van der Waals surface area (Å²) in [6, 6.07) is 8.55. The molecule has 1 heterocycles. The monoisotopic (exact) mass is 504 g/mol. The molecule has 0 amide bonds. The molecule has 0 aliphatic heterocycles. The molecule has 2 aromatic carbocycles. The van der Waals surface area contributed by atoms with Gasteiger partial charge < -0.3 is 14.8 Å². The van der Waals surface area contributed by atoms with E-state index in [4.69, 9.17) is 0 Å². The molecule has 37 heavy (non-hydrogen) atoms. The van der Waals surface area contributed by atoms with Gasteiger partial charge in [0.2, 0.25) is 0 Å². The number of nitrogens with zero attached hydrogens (tertiary/aromatic N) is 2. The lowest BCUT2D eigenvalue weighted by Gasteiger charge is -2.28. The molecule has 0 spiro atoms. The van der Waals surface area contributed by atoms with E-state index >= 15 is 0 Å². The van der Waals surface area contributed by atoms with Crippen LogP contribution in [0, 0.1) is 0 Å². The topological polar surface area (TPSA) is 58.3 Å². The first-order valence-electron chi connectivity index (χ1n) is 13.4. The van der Waals surface area contributed by atoms with E-state index in [-0.39, 0.29) is 21.7 Å². The number of phenolic OH excluding ortho intramolecular Hbond substituents is 2. The predicted octanol–water partition coefficient (Wildman–Crippen LogP) is 8.12. The summed E-state index contributed by atoms with van der Waals surface area (Å²) in [4.78, 5) is 4.67. The second-order valence-electron chi connectivity index (χ2n) is 14.7. The standard InChI is InChI=1S/C33H48N2O2/c1-30(2,3)23-15-21(28(36)25(18-23)32(7,8)9)17-27-34-13-14-35(27)20-22-16-24(31(4,5)6)19-26(29(22)37)33(10,11)12/h13-16,18-19,36-37H,17,20H2,1-12H3. The third kappa shape index (κ3) is 6.40. The Balaban J connectivity index is 2.09. The van der Waals surface area contributed by atoms with Crippen molar-refractivity contribution in [2.24, 2.45) is 0 Å². The Bertz CT molecular complexity index is 1170. The van der Waals surface area contributed by atoms with Crippen LogP contribution in [0.25, 0.3) is 0 Å². The van der Waals surface area contributed by atoms with Gasteiger partial charge in [-0.15, -0.1) is 0 Å². The number of hydrogen-bond acceptors (Lipinski definition) is 3. The molecular formula is C33H48N2O2. The Labute approximate surface area is 224 Å². The lowest BCUT2D eigenvalue weighted by molar-refractivity contribution is 0.434. The van der Waals surface area contributed by atoms with Gasteiger partial charge in [-0.1, -0.05) is 101 Å². The highest BCUT2D eigenvalue weighted by Gasteiger charge is 2.27. The van der Waals surface area contributed by atoms with Gasteiger partial charge >= 0.3 is 0 Å². The molecule has 0 radical (unpaired) electrons. The molecule has 4 nitrogen and oxygen atoms in total. The summed E-state index contributed by atoms with van der Waals surface area (Å²) in [7, 11) is 0. The van der Waals surface area contributed by atoms with Crippen LogP contribution in [-0.4, -0.2) is 19.8 Å². The van der Waals surface area contributed by atoms with E-state index in [1.807, 2.05) is 6.20 Å². The van der Waals surface area contributed by atoms with Crippen molar-refractivity contribution in [2.45, 2.75) is 118 Å². The van der Waals surface area contributed by atoms with Crippen LogP contribution in [0.4, 0.5) is 0 Å². The van der Waals surface area contributed by atoms with Crippen LogP contribution < -0.4 is 0 Å². The zero-order valence-electron chi connectivity index (χ0n) is 25.2. The van der Waals surface area contributed by atoms with Crippen LogP contribution in [0.2, 0.25) is 0 Å². The van der Waals surface area contributed by atoms with Crippen LogP contribution in [-0.2, 0) is 34.6 Å². The van der Waals surface area contributed by atoms with Gasteiger partial charge in [0.25, 0.3) is 0 Å². The van der Waals surface area contributed by atoms with Gasteiger partial charge in [0.1, 0.15) is 17.3 Å². The van der Waals surface area contributed by atoms with Gasteiger partial charge in [-0.25, -0.2) is 4.98 Å². The van der Waals surface area contributed by atoms with Crippen molar-refractivity contribution in [1.29, 1.82) is 0 Å². The number of benzene rings is 2. The molecule has 1 aromatic heterocycles. The summed E-state index contributed by atoms with van der Waals surface area (Å²) in [6.45, 7) is 26.6. The van der Waals surface area contributed by atoms with Crippen molar-refractivity contribution in [2.75, 3.05) is 0 Å². The van der Waals surface area contributed by atoms with Crippen LogP contribution in [0.1, 0.15) is 122 Å². The van der Waals surface area contributed by atoms with Crippen molar-refractivity contribution < 1.29 is 10.2 Å². The van der Waals surface area contributed by atoms with Gasteiger partial charge in [0.15, 0.2) is 0 Å². The van der Waals surface area contributed by atoms with Crippen molar-refractivity contribution in [3.05, 3.63) is 75.9 Å². The smallest absolute Gasteiger partial charge is 0.124 e. The third-order valence-corrected chi connectivity index (χ3v) is 7.22. The van der Waals surface area contributed by atoms with Crippen LogP contribution in [0.15, 0.2) is 36.7 Å². The first kappa shape index (κ1) is 28.8. The van der Waals surface area contributed by atoms with E-state index in [1.54, 1.807) is 6.20 Å². The molecule has 2 N–H and O–H groups in total. The van der Waals surface area contributed by atoms with Gasteiger partial charge in [-0.2, -0.15) is 0 Å². The highest BCUT2D eigenvalue weighted by molar-refractivity contribution is 5.51. The van der Waals surface area contributed by atoms with Gasteiger partial charge in [0, 0.05) is 29.9 Å². The summed E-state index contributed by atoms with van der Waals surface area (Å²) in [6.07, 6.45) is 4.28. The van der Waals surface area contributed by atoms with E-state index in [0.717, 1.165) is 28.1 Å². The molecule has 3 rings (SSSR count). The van der Waals surface area contributed by atoms with Crippen molar-refractivity contribution in [1.82, 2.24) is 9.55 Å². The molecule has 3 aromatic rings. The number of aromatic nitrogens is 2. The minimum absolute atomic E-state index is 0.0389. The summed E-state index contributed by atoms with van der Waals surface area (Å²) in [5, 5.41) is 22.6. The average Bonchev–Trinajstić information content (AvgIpc) is 3.14. The van der Waals surface area contributed by atoms with Gasteiger partial charge in [-0.05, 0) is 50.0 Å². The van der Waals surface area contributed by atoms with E-state index in [9.17, 15) is 10.2 Å². The molecule has 4 heteroatoms. The Morgan fingerprint density at radius 1 is 0.622 bits per heavy atom. The van der Waals surface area contributed by atoms with Gasteiger partial charge in [0.05, 0.1) is 6.54 Å². The SMILES string of the molecule is CC(C)(C)c1cc(Cc2nccn2Cc2cc(C(C)(C)C)cc(C(C)(C)C)c2O)c(O)c(C(C)(C)C)c1. The first-order valence-corrected chi connectivity index (χ1v) is 13.4. The van der Waals surface area contributed by atoms with Crippen molar-refractivity contribution in [3.63, 3.8) is 0 Å². The first-order chi connectivity index (χ1) is 16.7. The molecule has 0 atom stereocenters. The van der Waals surface area contributed by atoms with E-state index < -0.39 is 0 Å². The molecule has 0 aliphatic rings. The van der Waals surface area contributed by atoms with Crippen LogP contribution in [0.5, 0.6) is 11.5 Å². The average molecular weight is 505 g/mol. The molecule has 202 valence electrons. The Hall–Kier alpha value is -2.75. The summed E-state index contributed by atoms with van der Waals surface area (Å²) in [5.74, 6) is 1.56. The van der Waals surface area contributed by atoms with Crippen molar-refractivity contribution >= 4 is 0 Å². The number of phenols is 2. The second kappa shape index (κ2) is 9.53. The van der Waals surface area contributed by atoms with Gasteiger partial charge in [-0.3, -0.25) is 0 Å². The Morgan fingerprint density at radius 2 is 1.05 bits per heavy atom. The number of hydrogen-bond donors (Lipinski definition) is 2. The number of aromatic hydroxyl groups is 2. The lowest BCUT2D eigenvalue weighted by Crippen LogP contribution is -2.19. The Kier molecular flexibility index (Phi) is 7.42. The molecule has 0 saturated carbocycles. The maximum atomic E-state index is 11.3. The maximum absolute atomic E-state index is 11.3. The fourth-order valence-corrected chi connectivity index (χ4v) is 4.66. The summed E-state index contributed by atoms with van der Waals surface area (Å²) in [5.41, 5.74) is 5.65. The minimum atomic E-state index is -0.182. The van der Waals surface area contributed by atoms with Crippen LogP contribution >= 0.6 is 0 Å². The Morgan fingerprint density at radius 3 is 1.49 bits per heavy atom. The fourth-order valence-electron chi connectivity index (χ4n) is 4.66. The van der Waals surface area contributed by atoms with E-state index in [2.05, 4.69) is 117 Å². The second-order valence-corrected chi connectivity index (χ2v) is 14.7. The minimum Gasteiger partial charge on any atom is -0.507 e. The highest BCUT2D eigenvalue weighted by Crippen LogP contribution is 2.40. The highest BCUT2D eigenvalue weighted by atomic mass is 16.3. The lowest BCUT2D eigenvalue weighted by atomic mass is 9.78. The summed E-state index contributed by atoms with van der Waals surface area (Å²) < 4.78 is 2.09. The molecule has 0 unspecified atom stereocenters.